The molecule has 0 heterocycles. The number of aliphatic hydroxyl groups is 1. The van der Waals surface area contributed by atoms with Gasteiger partial charge in [0.15, 0.2) is 11.5 Å². The fraction of sp³-hybridized carbons (Fsp3) is 0.370. The molecule has 1 amide bonds. The Morgan fingerprint density at radius 1 is 0.972 bits per heavy atom. The van der Waals surface area contributed by atoms with Crippen LogP contribution in [0, 0.1) is 5.92 Å². The summed E-state index contributed by atoms with van der Waals surface area (Å²) in [6.45, 7) is 5.32. The normalized spacial score (nSPS) is 19.4. The maximum Gasteiger partial charge on any atom is 0.328 e. The van der Waals surface area contributed by atoms with E-state index in [0.717, 1.165) is 49.8 Å². The van der Waals surface area contributed by atoms with E-state index < -0.39 is 11.9 Å². The van der Waals surface area contributed by atoms with E-state index in [2.05, 4.69) is 11.9 Å². The number of amides is 1. The number of aliphatic carboxylic acids is 2. The number of phenolic OH excluding ortho intramolecular Hbond substituents is 2. The molecule has 0 spiro atoms. The van der Waals surface area contributed by atoms with Gasteiger partial charge in [0.2, 0.25) is 5.91 Å². The summed E-state index contributed by atoms with van der Waals surface area (Å²) in [5.41, 5.74) is 1.32. The van der Waals surface area contributed by atoms with Gasteiger partial charge in [-0.3, -0.25) is 4.79 Å². The molecule has 2 aliphatic rings. The van der Waals surface area contributed by atoms with Crippen LogP contribution in [-0.4, -0.2) is 55.5 Å². The van der Waals surface area contributed by atoms with Gasteiger partial charge in [-0.05, 0) is 74.4 Å². The highest BCUT2D eigenvalue weighted by atomic mass is 16.4. The zero-order chi connectivity index (χ0) is 27.1. The minimum absolute atomic E-state index is 0.0735. The Bertz CT molecular complexity index is 991. The van der Waals surface area contributed by atoms with Crippen LogP contribution in [0.15, 0.2) is 60.7 Å². The predicted molar refractivity (Wildman–Crippen MR) is 136 cm³/mol. The lowest BCUT2D eigenvalue weighted by molar-refractivity contribution is -0.132. The number of hydrogen-bond acceptors (Lipinski definition) is 6. The number of aliphatic hydroxyl groups excluding tert-OH is 1. The third-order valence-electron chi connectivity index (χ3n) is 5.35. The molecule has 2 atom stereocenters. The van der Waals surface area contributed by atoms with Gasteiger partial charge in [0.1, 0.15) is 0 Å². The second-order valence-electron chi connectivity index (χ2n) is 8.38. The van der Waals surface area contributed by atoms with Gasteiger partial charge in [0.05, 0.1) is 6.10 Å². The molecule has 2 saturated carbocycles. The van der Waals surface area contributed by atoms with Crippen molar-refractivity contribution in [3.05, 3.63) is 66.3 Å². The van der Waals surface area contributed by atoms with Crippen molar-refractivity contribution in [2.45, 2.75) is 57.6 Å². The van der Waals surface area contributed by atoms with Crippen LogP contribution in [0.2, 0.25) is 0 Å². The smallest absolute Gasteiger partial charge is 0.328 e. The summed E-state index contributed by atoms with van der Waals surface area (Å²) >= 11 is 0. The van der Waals surface area contributed by atoms with Gasteiger partial charge >= 0.3 is 11.9 Å². The number of carboxylic acids is 2. The molecule has 2 aliphatic carbocycles. The second kappa shape index (κ2) is 15.9. The molecule has 0 bridgehead atoms. The summed E-state index contributed by atoms with van der Waals surface area (Å²) in [6, 6.07) is 4.51. The number of carbonyl (C=O) groups is 3. The molecule has 196 valence electrons. The molecule has 0 saturated heterocycles. The first kappa shape index (κ1) is 30.2. The maximum absolute atomic E-state index is 11.6. The lowest BCUT2D eigenvalue weighted by Crippen LogP contribution is -2.36. The largest absolute Gasteiger partial charge is 0.504 e. The average molecular weight is 502 g/mol. The molecule has 1 aromatic carbocycles. The zero-order valence-corrected chi connectivity index (χ0v) is 20.3. The number of carbonyl (C=O) groups excluding carboxylic acids is 1. The summed E-state index contributed by atoms with van der Waals surface area (Å²) in [5.74, 6) is -2.26. The number of benzene rings is 1. The lowest BCUT2D eigenvalue weighted by Gasteiger charge is -2.24. The quantitative estimate of drug-likeness (QED) is 0.187. The van der Waals surface area contributed by atoms with Crippen LogP contribution in [0.1, 0.15) is 51.0 Å². The highest BCUT2D eigenvalue weighted by Crippen LogP contribution is 2.27. The first-order valence-corrected chi connectivity index (χ1v) is 11.7. The number of nitrogens with one attached hydrogen (secondary N) is 1. The van der Waals surface area contributed by atoms with Gasteiger partial charge in [-0.25, -0.2) is 9.59 Å². The van der Waals surface area contributed by atoms with Crippen molar-refractivity contribution < 1.29 is 39.9 Å². The Kier molecular flexibility index (Phi) is 13.4. The van der Waals surface area contributed by atoms with Gasteiger partial charge in [-0.2, -0.15) is 0 Å². The zero-order valence-electron chi connectivity index (χ0n) is 20.3. The molecule has 2 unspecified atom stereocenters. The van der Waals surface area contributed by atoms with E-state index >= 15 is 0 Å². The van der Waals surface area contributed by atoms with E-state index in [-0.39, 0.29) is 29.4 Å². The molecular weight excluding hydrogens is 466 g/mol. The molecular formula is C27H35NO8. The van der Waals surface area contributed by atoms with Gasteiger partial charge in [0, 0.05) is 24.1 Å². The van der Waals surface area contributed by atoms with Crippen molar-refractivity contribution >= 4 is 23.9 Å². The minimum atomic E-state index is -1.06. The second-order valence-corrected chi connectivity index (χ2v) is 8.38. The van der Waals surface area contributed by atoms with Crippen molar-refractivity contribution in [3.63, 3.8) is 0 Å². The molecule has 1 aromatic rings. The summed E-state index contributed by atoms with van der Waals surface area (Å²) in [5, 5.41) is 46.9. The molecule has 9 heteroatoms. The van der Waals surface area contributed by atoms with Crippen molar-refractivity contribution in [2.75, 3.05) is 0 Å². The van der Waals surface area contributed by atoms with Crippen LogP contribution in [0.5, 0.6) is 11.5 Å². The van der Waals surface area contributed by atoms with Crippen LogP contribution in [-0.2, 0) is 14.4 Å². The molecule has 6 N–H and O–H groups in total. The molecule has 0 aromatic heterocycles. The van der Waals surface area contributed by atoms with E-state index in [1.165, 1.54) is 30.4 Å². The molecule has 36 heavy (non-hydrogen) atoms. The van der Waals surface area contributed by atoms with Gasteiger partial charge < -0.3 is 30.8 Å². The van der Waals surface area contributed by atoms with Crippen LogP contribution in [0.25, 0.3) is 6.08 Å². The van der Waals surface area contributed by atoms with Crippen molar-refractivity contribution in [2.24, 2.45) is 5.92 Å². The highest BCUT2D eigenvalue weighted by molar-refractivity contribution is 5.85. The first-order chi connectivity index (χ1) is 17.0. The maximum atomic E-state index is 11.6. The third-order valence-corrected chi connectivity index (χ3v) is 5.35. The number of phenols is 2. The Balaban J connectivity index is 0.000000274. The van der Waals surface area contributed by atoms with E-state index in [1.807, 2.05) is 6.92 Å². The Labute approximate surface area is 210 Å². The van der Waals surface area contributed by atoms with Gasteiger partial charge in [-0.15, -0.1) is 0 Å². The average Bonchev–Trinajstić information content (AvgIpc) is 3.65. The Morgan fingerprint density at radius 2 is 1.64 bits per heavy atom. The number of aromatic hydroxyl groups is 2. The monoisotopic (exact) mass is 501 g/mol. The Hall–Kier alpha value is -3.85. The van der Waals surface area contributed by atoms with E-state index in [0.29, 0.717) is 18.0 Å². The summed E-state index contributed by atoms with van der Waals surface area (Å²) in [6.07, 6.45) is 13.7. The first-order valence-electron chi connectivity index (χ1n) is 11.7. The molecule has 3 rings (SSSR count). The minimum Gasteiger partial charge on any atom is -0.504 e. The molecule has 0 radical (unpaired) electrons. The molecule has 0 aliphatic heterocycles. The number of carboxylic acid groups (broad SMARTS) is 2. The lowest BCUT2D eigenvalue weighted by atomic mass is 9.87. The van der Waals surface area contributed by atoms with Crippen LogP contribution in [0.3, 0.4) is 0 Å². The summed E-state index contributed by atoms with van der Waals surface area (Å²) < 4.78 is 0. The summed E-state index contributed by atoms with van der Waals surface area (Å²) in [7, 11) is 0. The van der Waals surface area contributed by atoms with E-state index in [1.54, 1.807) is 12.2 Å². The van der Waals surface area contributed by atoms with E-state index in [9.17, 15) is 19.5 Å². The fourth-order valence-electron chi connectivity index (χ4n) is 3.21. The molecule has 9 nitrogen and oxygen atoms in total. The third kappa shape index (κ3) is 13.1. The highest BCUT2D eigenvalue weighted by Gasteiger charge is 2.30. The molecule has 2 fully saturated rings. The number of rotatable bonds is 7. The van der Waals surface area contributed by atoms with Crippen LogP contribution in [0.4, 0.5) is 0 Å². The predicted octanol–water partition coefficient (Wildman–Crippen LogP) is 3.77. The van der Waals surface area contributed by atoms with Gasteiger partial charge in [0.25, 0.3) is 0 Å². The number of allylic oxidation sites excluding steroid dienone is 4. The van der Waals surface area contributed by atoms with Crippen molar-refractivity contribution in [3.8, 4) is 11.5 Å². The van der Waals surface area contributed by atoms with Crippen molar-refractivity contribution in [1.82, 2.24) is 5.32 Å². The van der Waals surface area contributed by atoms with Crippen LogP contribution < -0.4 is 5.32 Å². The van der Waals surface area contributed by atoms with Crippen molar-refractivity contribution in [1.29, 1.82) is 0 Å². The van der Waals surface area contributed by atoms with Gasteiger partial charge in [-0.1, -0.05) is 31.2 Å². The fourth-order valence-corrected chi connectivity index (χ4v) is 3.21. The standard InChI is InChI=1S/C10H17NO2.C9H8O4.C8H10O2/c12-9-3-1-2-7(6-9)10(13)11-8-4-5-8;10-7-3-1-6(5-8(7)11)2-4-9(12)13;1-3-7(4-2)5-6-8(9)10/h7-9,12H,1-6H2,(H,11,13);1-5,10-11H,(H,12,13);3-6H,1H2,2H3,(H,9,10)/b;4-2+;6-5+,7-4+. The van der Waals surface area contributed by atoms with E-state index in [4.69, 9.17) is 20.4 Å². The number of hydrogen-bond donors (Lipinski definition) is 6. The topological polar surface area (TPSA) is 164 Å². The summed E-state index contributed by atoms with van der Waals surface area (Å²) in [4.78, 5) is 31.7. The Morgan fingerprint density at radius 3 is 2.14 bits per heavy atom. The van der Waals surface area contributed by atoms with Crippen LogP contribution >= 0.6 is 0 Å². The SMILES string of the molecule is C=CC(/C=C/C(=O)O)=C\C.O=C(NC1CC1)C1CCCC(O)C1.O=C(O)/C=C/c1ccc(O)c(O)c1.